The lowest BCUT2D eigenvalue weighted by Gasteiger charge is -2.38. The van der Waals surface area contributed by atoms with Crippen LogP contribution in [0.25, 0.3) is 0 Å². The van der Waals surface area contributed by atoms with Gasteiger partial charge in [-0.1, -0.05) is 84.3 Å². The first-order valence-corrected chi connectivity index (χ1v) is 15.8. The van der Waals surface area contributed by atoms with Crippen molar-refractivity contribution >= 4 is 28.0 Å². The third-order valence-electron chi connectivity index (χ3n) is 5.91. The molecule has 0 heterocycles. The smallest absolute Gasteiger partial charge is 0.194 e. The summed E-state index contributed by atoms with van der Waals surface area (Å²) in [6.07, 6.45) is -0.281. The maximum Gasteiger partial charge on any atom is 0.194 e. The molecule has 0 fully saturated rings. The van der Waals surface area contributed by atoms with E-state index in [0.717, 1.165) is 10.6 Å². The SMILES string of the molecule is CC(C)(C)[Si](C)(C)C#CC#CC(O[Si](C)(C)C(C)(C)C)c1ccc(Cl)cc1. The quantitative estimate of drug-likeness (QED) is 0.365. The van der Waals surface area contributed by atoms with Crippen LogP contribution in [-0.2, 0) is 4.43 Å². The highest BCUT2D eigenvalue weighted by Crippen LogP contribution is 2.39. The third-order valence-corrected chi connectivity index (χ3v) is 15.1. The average molecular weight is 419 g/mol. The summed E-state index contributed by atoms with van der Waals surface area (Å²) in [5.74, 6) is 9.49. The van der Waals surface area contributed by atoms with Gasteiger partial charge in [0.1, 0.15) is 14.2 Å². The van der Waals surface area contributed by atoms with Crippen molar-refractivity contribution in [2.45, 2.75) is 83.9 Å². The van der Waals surface area contributed by atoms with Gasteiger partial charge in [0.25, 0.3) is 0 Å². The molecule has 148 valence electrons. The van der Waals surface area contributed by atoms with E-state index in [0.29, 0.717) is 0 Å². The third kappa shape index (κ3) is 6.84. The maximum absolute atomic E-state index is 6.59. The van der Waals surface area contributed by atoms with E-state index in [1.165, 1.54) is 0 Å². The van der Waals surface area contributed by atoms with E-state index in [2.05, 4.69) is 91.0 Å². The van der Waals surface area contributed by atoms with Crippen molar-refractivity contribution in [2.24, 2.45) is 0 Å². The molecule has 1 atom stereocenters. The van der Waals surface area contributed by atoms with Crippen LogP contribution in [0.15, 0.2) is 24.3 Å². The Morgan fingerprint density at radius 2 is 1.37 bits per heavy atom. The Labute approximate surface area is 174 Å². The van der Waals surface area contributed by atoms with Crippen molar-refractivity contribution in [3.05, 3.63) is 34.9 Å². The van der Waals surface area contributed by atoms with Crippen LogP contribution >= 0.6 is 11.6 Å². The lowest BCUT2D eigenvalue weighted by Crippen LogP contribution is -2.41. The van der Waals surface area contributed by atoms with E-state index in [9.17, 15) is 0 Å². The first kappa shape index (κ1) is 24.1. The minimum atomic E-state index is -1.97. The fraction of sp³-hybridized carbons (Fsp3) is 0.565. The minimum absolute atomic E-state index is 0.117. The second kappa shape index (κ2) is 8.58. The second-order valence-electron chi connectivity index (χ2n) is 10.2. The number of hydrogen-bond donors (Lipinski definition) is 0. The predicted octanol–water partition coefficient (Wildman–Crippen LogP) is 7.46. The van der Waals surface area contributed by atoms with E-state index in [1.807, 2.05) is 24.3 Å². The van der Waals surface area contributed by atoms with Crippen molar-refractivity contribution in [3.8, 4) is 23.3 Å². The molecule has 0 N–H and O–H groups in total. The molecule has 0 saturated carbocycles. The zero-order valence-electron chi connectivity index (χ0n) is 18.7. The summed E-state index contributed by atoms with van der Waals surface area (Å²) in [5.41, 5.74) is 4.49. The van der Waals surface area contributed by atoms with Crippen LogP contribution in [0, 0.1) is 23.3 Å². The van der Waals surface area contributed by atoms with Crippen LogP contribution in [0.5, 0.6) is 0 Å². The van der Waals surface area contributed by atoms with E-state index >= 15 is 0 Å². The van der Waals surface area contributed by atoms with Gasteiger partial charge >= 0.3 is 0 Å². The molecule has 1 rings (SSSR count). The molecule has 0 aliphatic carbocycles. The number of rotatable bonds is 3. The van der Waals surface area contributed by atoms with Crippen LogP contribution in [-0.4, -0.2) is 16.4 Å². The van der Waals surface area contributed by atoms with Crippen molar-refractivity contribution in [3.63, 3.8) is 0 Å². The number of hydrogen-bond acceptors (Lipinski definition) is 1. The van der Waals surface area contributed by atoms with Gasteiger partial charge in [0, 0.05) is 5.02 Å². The van der Waals surface area contributed by atoms with Crippen LogP contribution < -0.4 is 0 Å². The molecule has 0 saturated heterocycles. The summed E-state index contributed by atoms with van der Waals surface area (Å²) in [5, 5.41) is 1.07. The molecule has 0 aliphatic rings. The van der Waals surface area contributed by atoms with Crippen LogP contribution in [0.3, 0.4) is 0 Å². The van der Waals surface area contributed by atoms with Gasteiger partial charge in [-0.05, 0) is 52.7 Å². The lowest BCUT2D eigenvalue weighted by molar-refractivity contribution is 0.238. The molecule has 0 bridgehead atoms. The molecule has 0 spiro atoms. The predicted molar refractivity (Wildman–Crippen MR) is 125 cm³/mol. The highest BCUT2D eigenvalue weighted by atomic mass is 35.5. The van der Waals surface area contributed by atoms with Crippen LogP contribution in [0.1, 0.15) is 53.2 Å². The molecule has 0 radical (unpaired) electrons. The first-order chi connectivity index (χ1) is 12.1. The normalized spacial score (nSPS) is 13.9. The fourth-order valence-corrected chi connectivity index (χ4v) is 3.78. The Morgan fingerprint density at radius 1 is 0.852 bits per heavy atom. The molecule has 1 aromatic rings. The average Bonchev–Trinajstić information content (AvgIpc) is 2.48. The van der Waals surface area contributed by atoms with E-state index in [1.54, 1.807) is 0 Å². The summed E-state index contributed by atoms with van der Waals surface area (Å²) in [4.78, 5) is 0. The Balaban J connectivity index is 3.21. The minimum Gasteiger partial charge on any atom is -0.399 e. The molecule has 1 aromatic carbocycles. The van der Waals surface area contributed by atoms with Crippen molar-refractivity contribution in [1.29, 1.82) is 0 Å². The molecule has 1 nitrogen and oxygen atoms in total. The summed E-state index contributed by atoms with van der Waals surface area (Å²) in [6, 6.07) is 7.77. The fourth-order valence-electron chi connectivity index (χ4n) is 1.77. The maximum atomic E-state index is 6.59. The van der Waals surface area contributed by atoms with E-state index < -0.39 is 16.4 Å². The standard InChI is InChI=1S/C23H35ClOSi2/c1-22(2,3)26(7,8)18-12-11-13-21(19-14-16-20(24)17-15-19)25-27(9,10)23(4,5)6/h14-17,21H,1-10H3. The number of halogens is 1. The molecule has 27 heavy (non-hydrogen) atoms. The second-order valence-corrected chi connectivity index (χ2v) is 20.4. The van der Waals surface area contributed by atoms with Gasteiger partial charge in [-0.3, -0.25) is 0 Å². The van der Waals surface area contributed by atoms with E-state index in [4.69, 9.17) is 16.0 Å². The van der Waals surface area contributed by atoms with Gasteiger partial charge in [0.2, 0.25) is 0 Å². The van der Waals surface area contributed by atoms with Crippen LogP contribution in [0.2, 0.25) is 41.3 Å². The molecular weight excluding hydrogens is 384 g/mol. The van der Waals surface area contributed by atoms with Gasteiger partial charge in [-0.25, -0.2) is 0 Å². The van der Waals surface area contributed by atoms with Gasteiger partial charge < -0.3 is 4.43 Å². The van der Waals surface area contributed by atoms with Crippen molar-refractivity contribution in [2.75, 3.05) is 0 Å². The Morgan fingerprint density at radius 3 is 1.81 bits per heavy atom. The highest BCUT2D eigenvalue weighted by molar-refractivity contribution is 6.87. The molecule has 4 heteroatoms. The Kier molecular flexibility index (Phi) is 7.65. The molecule has 0 amide bonds. The summed E-state index contributed by atoms with van der Waals surface area (Å²) in [7, 11) is -3.62. The van der Waals surface area contributed by atoms with Gasteiger partial charge in [0.15, 0.2) is 8.32 Å². The van der Waals surface area contributed by atoms with Crippen LogP contribution in [0.4, 0.5) is 0 Å². The zero-order chi connectivity index (χ0) is 21.1. The lowest BCUT2D eigenvalue weighted by atomic mass is 10.1. The summed E-state index contributed by atoms with van der Waals surface area (Å²) >= 11 is 6.06. The summed E-state index contributed by atoms with van der Waals surface area (Å²) in [6.45, 7) is 22.6. The largest absolute Gasteiger partial charge is 0.399 e. The van der Waals surface area contributed by atoms with Crippen molar-refractivity contribution < 1.29 is 4.43 Å². The topological polar surface area (TPSA) is 9.23 Å². The highest BCUT2D eigenvalue weighted by Gasteiger charge is 2.39. The zero-order valence-corrected chi connectivity index (χ0v) is 21.4. The molecule has 1 unspecified atom stereocenters. The van der Waals surface area contributed by atoms with Gasteiger partial charge in [-0.2, -0.15) is 0 Å². The molecule has 0 aromatic heterocycles. The van der Waals surface area contributed by atoms with Gasteiger partial charge in [0.05, 0.1) is 0 Å². The Bertz CT molecular complexity index is 758. The summed E-state index contributed by atoms with van der Waals surface area (Å²) < 4.78 is 6.59. The first-order valence-electron chi connectivity index (χ1n) is 9.53. The Hall–Kier alpha value is -0.976. The van der Waals surface area contributed by atoms with Crippen molar-refractivity contribution in [1.82, 2.24) is 0 Å². The molecule has 0 aliphatic heterocycles. The monoisotopic (exact) mass is 418 g/mol. The van der Waals surface area contributed by atoms with Gasteiger partial charge in [-0.15, -0.1) is 5.54 Å². The number of benzene rings is 1. The van der Waals surface area contributed by atoms with E-state index in [-0.39, 0.29) is 16.2 Å². The molecular formula is C23H35ClOSi2.